The van der Waals surface area contributed by atoms with Crippen molar-refractivity contribution >= 4 is 5.91 Å². The van der Waals surface area contributed by atoms with Gasteiger partial charge in [-0.25, -0.2) is 0 Å². The molecule has 0 fully saturated rings. The number of nitrogens with zero attached hydrogens (tertiary/aromatic N) is 1. The molecule has 1 aromatic carbocycles. The third-order valence-electron chi connectivity index (χ3n) is 2.36. The van der Waals surface area contributed by atoms with Gasteiger partial charge in [0.25, 0.3) is 5.91 Å². The van der Waals surface area contributed by atoms with Crippen molar-refractivity contribution in [2.75, 3.05) is 13.3 Å². The number of rotatable bonds is 1. The van der Waals surface area contributed by atoms with Crippen LogP contribution in [0.5, 0.6) is 0 Å². The molecule has 1 heterocycles. The van der Waals surface area contributed by atoms with Crippen LogP contribution in [-0.2, 0) is 6.42 Å². The molecule has 1 N–H and O–H groups in total. The van der Waals surface area contributed by atoms with E-state index in [9.17, 15) is 4.79 Å². The second-order valence-corrected chi connectivity index (χ2v) is 3.12. The van der Waals surface area contributed by atoms with Crippen molar-refractivity contribution in [2.45, 2.75) is 6.42 Å². The van der Waals surface area contributed by atoms with E-state index in [0.29, 0.717) is 6.54 Å². The molecule has 3 heteroatoms. The van der Waals surface area contributed by atoms with Gasteiger partial charge in [0.05, 0.1) is 0 Å². The largest absolute Gasteiger partial charge is 0.376 e. The lowest BCUT2D eigenvalue weighted by atomic mass is 10.00. The average molecular weight is 177 g/mol. The molecule has 1 aliphatic heterocycles. The van der Waals surface area contributed by atoms with Gasteiger partial charge in [0.2, 0.25) is 0 Å². The molecule has 0 saturated carbocycles. The first-order chi connectivity index (χ1) is 6.33. The summed E-state index contributed by atoms with van der Waals surface area (Å²) < 4.78 is 0. The first-order valence-corrected chi connectivity index (χ1v) is 4.31. The van der Waals surface area contributed by atoms with Gasteiger partial charge in [-0.3, -0.25) is 4.79 Å². The van der Waals surface area contributed by atoms with Crippen LogP contribution < -0.4 is 0 Å². The lowest BCUT2D eigenvalue weighted by molar-refractivity contribution is 0.0535. The molecule has 0 bridgehead atoms. The number of hydrogen-bond donors (Lipinski definition) is 1. The van der Waals surface area contributed by atoms with Gasteiger partial charge in [-0.15, -0.1) is 0 Å². The van der Waals surface area contributed by atoms with E-state index in [0.717, 1.165) is 17.5 Å². The van der Waals surface area contributed by atoms with Crippen LogP contribution in [0.4, 0.5) is 0 Å². The highest BCUT2D eigenvalue weighted by Gasteiger charge is 2.22. The molecular weight excluding hydrogens is 166 g/mol. The third kappa shape index (κ3) is 1.31. The Labute approximate surface area is 76.6 Å². The Hall–Kier alpha value is -1.35. The summed E-state index contributed by atoms with van der Waals surface area (Å²) in [6.07, 6.45) is 0.836. The van der Waals surface area contributed by atoms with Crippen molar-refractivity contribution in [2.24, 2.45) is 0 Å². The normalized spacial score (nSPS) is 15.8. The SMILES string of the molecule is O=C1c2ccccc2CCN1CO. The van der Waals surface area contributed by atoms with E-state index in [1.165, 1.54) is 4.90 Å². The Morgan fingerprint density at radius 3 is 2.92 bits per heavy atom. The second-order valence-electron chi connectivity index (χ2n) is 3.12. The first-order valence-electron chi connectivity index (χ1n) is 4.31. The standard InChI is InChI=1S/C10H11NO2/c12-7-11-6-5-8-3-1-2-4-9(8)10(11)13/h1-4,12H,5-7H2. The van der Waals surface area contributed by atoms with Crippen molar-refractivity contribution < 1.29 is 9.90 Å². The lowest BCUT2D eigenvalue weighted by Crippen LogP contribution is -2.38. The predicted molar refractivity (Wildman–Crippen MR) is 48.3 cm³/mol. The number of fused-ring (bicyclic) bond motifs is 1. The highest BCUT2D eigenvalue weighted by Crippen LogP contribution is 2.17. The van der Waals surface area contributed by atoms with E-state index in [1.54, 1.807) is 6.07 Å². The first kappa shape index (κ1) is 8.26. The molecule has 0 aromatic heterocycles. The van der Waals surface area contributed by atoms with Crippen molar-refractivity contribution in [3.8, 4) is 0 Å². The van der Waals surface area contributed by atoms with Gasteiger partial charge in [-0.2, -0.15) is 0 Å². The summed E-state index contributed by atoms with van der Waals surface area (Å²) in [5, 5.41) is 8.89. The monoisotopic (exact) mass is 177 g/mol. The highest BCUT2D eigenvalue weighted by molar-refractivity contribution is 5.96. The molecule has 0 unspecified atom stereocenters. The zero-order valence-corrected chi connectivity index (χ0v) is 7.23. The maximum atomic E-state index is 11.6. The van der Waals surface area contributed by atoms with Crippen LogP contribution in [0, 0.1) is 0 Å². The molecule has 1 aromatic rings. The van der Waals surface area contributed by atoms with Gasteiger partial charge >= 0.3 is 0 Å². The van der Waals surface area contributed by atoms with Crippen molar-refractivity contribution in [1.82, 2.24) is 4.90 Å². The van der Waals surface area contributed by atoms with Gasteiger partial charge < -0.3 is 10.0 Å². The van der Waals surface area contributed by atoms with E-state index in [4.69, 9.17) is 5.11 Å². The molecule has 68 valence electrons. The van der Waals surface area contributed by atoms with E-state index < -0.39 is 0 Å². The van der Waals surface area contributed by atoms with Crippen LogP contribution >= 0.6 is 0 Å². The Morgan fingerprint density at radius 2 is 2.15 bits per heavy atom. The fourth-order valence-corrected chi connectivity index (χ4v) is 1.61. The van der Waals surface area contributed by atoms with Crippen LogP contribution in [0.1, 0.15) is 15.9 Å². The summed E-state index contributed by atoms with van der Waals surface area (Å²) in [7, 11) is 0. The Balaban J connectivity index is 2.39. The molecule has 0 aliphatic carbocycles. The molecular formula is C10H11NO2. The van der Waals surface area contributed by atoms with E-state index in [2.05, 4.69) is 0 Å². The van der Waals surface area contributed by atoms with Crippen LogP contribution in [0.3, 0.4) is 0 Å². The number of aliphatic hydroxyl groups excluding tert-OH is 1. The maximum Gasteiger partial charge on any atom is 0.255 e. The van der Waals surface area contributed by atoms with Crippen molar-refractivity contribution in [1.29, 1.82) is 0 Å². The predicted octanol–water partition coefficient (Wildman–Crippen LogP) is 0.635. The molecule has 0 saturated heterocycles. The van der Waals surface area contributed by atoms with E-state index >= 15 is 0 Å². The summed E-state index contributed by atoms with van der Waals surface area (Å²) in [5.74, 6) is -0.0654. The topological polar surface area (TPSA) is 40.5 Å². The summed E-state index contributed by atoms with van der Waals surface area (Å²) >= 11 is 0. The number of benzene rings is 1. The zero-order valence-electron chi connectivity index (χ0n) is 7.23. The average Bonchev–Trinajstić information content (AvgIpc) is 2.19. The van der Waals surface area contributed by atoms with E-state index in [1.807, 2.05) is 18.2 Å². The number of aliphatic hydroxyl groups is 1. The minimum absolute atomic E-state index is 0.0654. The summed E-state index contributed by atoms with van der Waals surface area (Å²) in [6, 6.07) is 7.54. The van der Waals surface area contributed by atoms with Gasteiger partial charge in [0, 0.05) is 12.1 Å². The molecule has 3 nitrogen and oxygen atoms in total. The smallest absolute Gasteiger partial charge is 0.255 e. The van der Waals surface area contributed by atoms with Crippen LogP contribution in [0.15, 0.2) is 24.3 Å². The zero-order chi connectivity index (χ0) is 9.26. The molecule has 1 amide bonds. The number of amides is 1. The van der Waals surface area contributed by atoms with Crippen LogP contribution in [-0.4, -0.2) is 29.2 Å². The third-order valence-corrected chi connectivity index (χ3v) is 2.36. The minimum Gasteiger partial charge on any atom is -0.376 e. The number of hydrogen-bond acceptors (Lipinski definition) is 2. The molecule has 1 aliphatic rings. The number of carbonyl (C=O) groups excluding carboxylic acids is 1. The Kier molecular flexibility index (Phi) is 2.02. The summed E-state index contributed by atoms with van der Waals surface area (Å²) in [5.41, 5.74) is 1.81. The van der Waals surface area contributed by atoms with Crippen molar-refractivity contribution in [3.05, 3.63) is 35.4 Å². The van der Waals surface area contributed by atoms with Gasteiger partial charge in [0.15, 0.2) is 0 Å². The molecule has 0 spiro atoms. The minimum atomic E-state index is -0.187. The quantitative estimate of drug-likeness (QED) is 0.683. The van der Waals surface area contributed by atoms with Gasteiger partial charge in [-0.1, -0.05) is 18.2 Å². The lowest BCUT2D eigenvalue weighted by Gasteiger charge is -2.26. The van der Waals surface area contributed by atoms with Crippen LogP contribution in [0.25, 0.3) is 0 Å². The van der Waals surface area contributed by atoms with E-state index in [-0.39, 0.29) is 12.6 Å². The fourth-order valence-electron chi connectivity index (χ4n) is 1.61. The second kappa shape index (κ2) is 3.18. The number of carbonyl (C=O) groups is 1. The van der Waals surface area contributed by atoms with Gasteiger partial charge in [0.1, 0.15) is 6.73 Å². The maximum absolute atomic E-state index is 11.6. The summed E-state index contributed by atoms with van der Waals surface area (Å²) in [6.45, 7) is 0.430. The molecule has 0 atom stereocenters. The van der Waals surface area contributed by atoms with Gasteiger partial charge in [-0.05, 0) is 18.1 Å². The highest BCUT2D eigenvalue weighted by atomic mass is 16.3. The molecule has 13 heavy (non-hydrogen) atoms. The Bertz CT molecular complexity index is 335. The Morgan fingerprint density at radius 1 is 1.38 bits per heavy atom. The van der Waals surface area contributed by atoms with Crippen LogP contribution in [0.2, 0.25) is 0 Å². The molecule has 2 rings (SSSR count). The van der Waals surface area contributed by atoms with Crippen molar-refractivity contribution in [3.63, 3.8) is 0 Å². The summed E-state index contributed by atoms with van der Waals surface area (Å²) in [4.78, 5) is 13.1. The molecule has 0 radical (unpaired) electrons. The fraction of sp³-hybridized carbons (Fsp3) is 0.300.